The minimum atomic E-state index is 0.498. The molecule has 2 aromatic rings. The lowest BCUT2D eigenvalue weighted by Gasteiger charge is -2.19. The van der Waals surface area contributed by atoms with E-state index in [1.165, 1.54) is 44.1 Å². The van der Waals surface area contributed by atoms with Crippen molar-refractivity contribution in [1.29, 1.82) is 0 Å². The van der Waals surface area contributed by atoms with E-state index in [9.17, 15) is 0 Å². The molecule has 3 rings (SSSR count). The quantitative estimate of drug-likeness (QED) is 0.524. The van der Waals surface area contributed by atoms with Gasteiger partial charge in [-0.25, -0.2) is 4.98 Å². The maximum atomic E-state index is 5.45. The lowest BCUT2D eigenvalue weighted by atomic mass is 10.1. The maximum Gasteiger partial charge on any atom is 0.171 e. The van der Waals surface area contributed by atoms with Gasteiger partial charge in [-0.15, -0.1) is 0 Å². The zero-order chi connectivity index (χ0) is 17.5. The number of aromatic nitrogens is 1. The Morgan fingerprint density at radius 2 is 1.84 bits per heavy atom. The molecule has 0 saturated heterocycles. The predicted octanol–water partition coefficient (Wildman–Crippen LogP) is 5.14. The first kappa shape index (κ1) is 17.7. The Labute approximate surface area is 155 Å². The van der Waals surface area contributed by atoms with Gasteiger partial charge in [0.15, 0.2) is 5.11 Å². The van der Waals surface area contributed by atoms with Gasteiger partial charge in [0, 0.05) is 11.7 Å². The van der Waals surface area contributed by atoms with Crippen LogP contribution in [0.2, 0.25) is 0 Å². The number of pyridine rings is 1. The summed E-state index contributed by atoms with van der Waals surface area (Å²) in [6, 6.07) is 12.7. The topological polar surface area (TPSA) is 49.0 Å². The van der Waals surface area contributed by atoms with Crippen LogP contribution in [0.25, 0.3) is 0 Å². The molecule has 1 aliphatic rings. The number of aryl methyl sites for hydroxylation is 1. The lowest BCUT2D eigenvalue weighted by Crippen LogP contribution is -2.37. The van der Waals surface area contributed by atoms with Crippen molar-refractivity contribution in [2.45, 2.75) is 51.5 Å². The number of rotatable bonds is 4. The smallest absolute Gasteiger partial charge is 0.171 e. The molecule has 0 radical (unpaired) electrons. The fourth-order valence-electron chi connectivity index (χ4n) is 3.19. The number of anilines is 3. The molecule has 1 aromatic carbocycles. The van der Waals surface area contributed by atoms with Gasteiger partial charge in [-0.3, -0.25) is 0 Å². The Morgan fingerprint density at radius 1 is 1.04 bits per heavy atom. The number of hydrogen-bond donors (Lipinski definition) is 3. The molecule has 1 fully saturated rings. The van der Waals surface area contributed by atoms with Crippen molar-refractivity contribution >= 4 is 34.5 Å². The average molecular weight is 355 g/mol. The van der Waals surface area contributed by atoms with Crippen LogP contribution in [0, 0.1) is 6.92 Å². The molecule has 0 atom stereocenters. The highest BCUT2D eigenvalue weighted by atomic mass is 32.1. The number of nitrogens with zero attached hydrogens (tertiary/aromatic N) is 1. The molecule has 132 valence electrons. The lowest BCUT2D eigenvalue weighted by molar-refractivity contribution is 0.535. The van der Waals surface area contributed by atoms with Gasteiger partial charge in [0.1, 0.15) is 5.82 Å². The Morgan fingerprint density at radius 3 is 2.52 bits per heavy atom. The van der Waals surface area contributed by atoms with E-state index in [2.05, 4.69) is 40.0 Å². The SMILES string of the molecule is Cc1cccc(Nc2ccc(NC(=S)NC3CCCCCC3)cn2)c1. The Kier molecular flexibility index (Phi) is 6.23. The van der Waals surface area contributed by atoms with Crippen LogP contribution < -0.4 is 16.0 Å². The van der Waals surface area contributed by atoms with Crippen LogP contribution in [0.3, 0.4) is 0 Å². The normalized spacial score (nSPS) is 15.2. The fraction of sp³-hybridized carbons (Fsp3) is 0.400. The van der Waals surface area contributed by atoms with Crippen LogP contribution in [-0.4, -0.2) is 16.1 Å². The van der Waals surface area contributed by atoms with Crippen LogP contribution >= 0.6 is 12.2 Å². The summed E-state index contributed by atoms with van der Waals surface area (Å²) in [5.74, 6) is 0.818. The maximum absolute atomic E-state index is 5.45. The standard InChI is InChI=1S/C20H26N4S/c1-15-7-6-10-17(13-15)22-19-12-11-18(14-21-19)24-20(25)23-16-8-4-2-3-5-9-16/h6-7,10-14,16H,2-5,8-9H2,1H3,(H,21,22)(H2,23,24,25). The molecule has 0 bridgehead atoms. The highest BCUT2D eigenvalue weighted by Gasteiger charge is 2.13. The molecular formula is C20H26N4S. The van der Waals surface area contributed by atoms with E-state index in [-0.39, 0.29) is 0 Å². The van der Waals surface area contributed by atoms with Crippen LogP contribution in [0.4, 0.5) is 17.2 Å². The van der Waals surface area contributed by atoms with Crippen molar-refractivity contribution < 1.29 is 0 Å². The van der Waals surface area contributed by atoms with Crippen molar-refractivity contribution in [3.8, 4) is 0 Å². The zero-order valence-electron chi connectivity index (χ0n) is 14.7. The molecule has 4 nitrogen and oxygen atoms in total. The molecule has 1 saturated carbocycles. The van der Waals surface area contributed by atoms with Crippen LogP contribution in [0.15, 0.2) is 42.6 Å². The van der Waals surface area contributed by atoms with E-state index in [0.717, 1.165) is 17.2 Å². The van der Waals surface area contributed by atoms with E-state index in [1.807, 2.05) is 24.3 Å². The van der Waals surface area contributed by atoms with E-state index < -0.39 is 0 Å². The zero-order valence-corrected chi connectivity index (χ0v) is 15.5. The highest BCUT2D eigenvalue weighted by Crippen LogP contribution is 2.19. The minimum absolute atomic E-state index is 0.498. The van der Waals surface area contributed by atoms with Crippen molar-refractivity contribution in [2.24, 2.45) is 0 Å². The second-order valence-corrected chi connectivity index (χ2v) is 7.12. The van der Waals surface area contributed by atoms with Gasteiger partial charge in [-0.05, 0) is 61.8 Å². The third kappa shape index (κ3) is 5.71. The van der Waals surface area contributed by atoms with Gasteiger partial charge < -0.3 is 16.0 Å². The molecular weight excluding hydrogens is 328 g/mol. The van der Waals surface area contributed by atoms with Crippen LogP contribution in [0.5, 0.6) is 0 Å². The third-order valence-electron chi connectivity index (χ3n) is 4.50. The van der Waals surface area contributed by atoms with Gasteiger partial charge in [-0.1, -0.05) is 37.8 Å². The van der Waals surface area contributed by atoms with Gasteiger partial charge in [0.25, 0.3) is 0 Å². The summed E-state index contributed by atoms with van der Waals surface area (Å²) in [5, 5.41) is 10.7. The van der Waals surface area contributed by atoms with Crippen molar-refractivity contribution in [1.82, 2.24) is 10.3 Å². The summed E-state index contributed by atoms with van der Waals surface area (Å²) in [7, 11) is 0. The summed E-state index contributed by atoms with van der Waals surface area (Å²) < 4.78 is 0. The van der Waals surface area contributed by atoms with E-state index >= 15 is 0 Å². The average Bonchev–Trinajstić information content (AvgIpc) is 2.85. The molecule has 3 N–H and O–H groups in total. The van der Waals surface area contributed by atoms with Gasteiger partial charge in [0.2, 0.25) is 0 Å². The molecule has 1 heterocycles. The van der Waals surface area contributed by atoms with Crippen molar-refractivity contribution in [3.05, 3.63) is 48.2 Å². The Bertz CT molecular complexity index is 691. The number of nitrogens with one attached hydrogen (secondary N) is 3. The van der Waals surface area contributed by atoms with E-state index in [1.54, 1.807) is 6.20 Å². The highest BCUT2D eigenvalue weighted by molar-refractivity contribution is 7.80. The fourth-order valence-corrected chi connectivity index (χ4v) is 3.47. The third-order valence-corrected chi connectivity index (χ3v) is 4.72. The van der Waals surface area contributed by atoms with Crippen molar-refractivity contribution in [3.63, 3.8) is 0 Å². The number of hydrogen-bond acceptors (Lipinski definition) is 3. The second kappa shape index (κ2) is 8.81. The summed E-state index contributed by atoms with van der Waals surface area (Å²) >= 11 is 5.45. The molecule has 0 aliphatic heterocycles. The molecule has 0 unspecified atom stereocenters. The Balaban J connectivity index is 1.52. The van der Waals surface area contributed by atoms with Crippen LogP contribution in [-0.2, 0) is 0 Å². The first-order valence-corrected chi connectivity index (χ1v) is 9.47. The molecule has 5 heteroatoms. The predicted molar refractivity (Wildman–Crippen MR) is 110 cm³/mol. The minimum Gasteiger partial charge on any atom is -0.360 e. The number of benzene rings is 1. The van der Waals surface area contributed by atoms with E-state index in [4.69, 9.17) is 12.2 Å². The molecule has 25 heavy (non-hydrogen) atoms. The van der Waals surface area contributed by atoms with Gasteiger partial charge in [-0.2, -0.15) is 0 Å². The second-order valence-electron chi connectivity index (χ2n) is 6.71. The van der Waals surface area contributed by atoms with Crippen LogP contribution in [0.1, 0.15) is 44.1 Å². The van der Waals surface area contributed by atoms with Crippen molar-refractivity contribution in [2.75, 3.05) is 10.6 Å². The molecule has 1 aromatic heterocycles. The largest absolute Gasteiger partial charge is 0.360 e. The summed E-state index contributed by atoms with van der Waals surface area (Å²) in [5.41, 5.74) is 3.16. The summed E-state index contributed by atoms with van der Waals surface area (Å²) in [6.07, 6.45) is 9.50. The summed E-state index contributed by atoms with van der Waals surface area (Å²) in [6.45, 7) is 2.08. The monoisotopic (exact) mass is 354 g/mol. The first-order valence-electron chi connectivity index (χ1n) is 9.06. The number of thiocarbonyl (C=S) groups is 1. The van der Waals surface area contributed by atoms with Gasteiger partial charge in [0.05, 0.1) is 11.9 Å². The molecule has 1 aliphatic carbocycles. The first-order chi connectivity index (χ1) is 12.2. The molecule has 0 amide bonds. The summed E-state index contributed by atoms with van der Waals surface area (Å²) in [4.78, 5) is 4.46. The Hall–Kier alpha value is -2.14. The van der Waals surface area contributed by atoms with Gasteiger partial charge >= 0.3 is 0 Å². The van der Waals surface area contributed by atoms with E-state index in [0.29, 0.717) is 11.2 Å². The molecule has 0 spiro atoms.